The van der Waals surface area contributed by atoms with E-state index in [1.54, 1.807) is 12.1 Å². The summed E-state index contributed by atoms with van der Waals surface area (Å²) in [6, 6.07) is 17.1. The molecule has 2 aromatic carbocycles. The number of esters is 1. The molecule has 1 aromatic heterocycles. The van der Waals surface area contributed by atoms with Gasteiger partial charge in [0.25, 0.3) is 0 Å². The van der Waals surface area contributed by atoms with Crippen molar-refractivity contribution in [2.75, 3.05) is 13.7 Å². The molecule has 23 heavy (non-hydrogen) atoms. The minimum Gasteiger partial charge on any atom is -0.493 e. The maximum Gasteiger partial charge on any atom is 0.337 e. The third-order valence-electron chi connectivity index (χ3n) is 3.56. The molecule has 4 nitrogen and oxygen atoms in total. The molecule has 0 radical (unpaired) electrons. The number of rotatable bonds is 4. The Bertz CT molecular complexity index is 844. The van der Waals surface area contributed by atoms with Crippen LogP contribution in [0.2, 0.25) is 0 Å². The van der Waals surface area contributed by atoms with Crippen LogP contribution in [0.25, 0.3) is 22.2 Å². The van der Waals surface area contributed by atoms with Crippen molar-refractivity contribution >= 4 is 16.9 Å². The molecule has 4 heteroatoms. The molecule has 0 fully saturated rings. The Labute approximate surface area is 134 Å². The van der Waals surface area contributed by atoms with Crippen LogP contribution in [-0.4, -0.2) is 24.7 Å². The van der Waals surface area contributed by atoms with Crippen LogP contribution in [-0.2, 0) is 4.74 Å². The first-order chi connectivity index (χ1) is 11.2. The third kappa shape index (κ3) is 3.01. The molecule has 0 atom stereocenters. The van der Waals surface area contributed by atoms with Gasteiger partial charge in [-0.05, 0) is 25.1 Å². The van der Waals surface area contributed by atoms with Crippen LogP contribution in [0.5, 0.6) is 5.75 Å². The first-order valence-corrected chi connectivity index (χ1v) is 7.44. The minimum atomic E-state index is -0.378. The van der Waals surface area contributed by atoms with Crippen LogP contribution in [0.1, 0.15) is 17.3 Å². The summed E-state index contributed by atoms with van der Waals surface area (Å²) in [5, 5.41) is 0.874. The van der Waals surface area contributed by atoms with E-state index in [0.29, 0.717) is 17.7 Å². The van der Waals surface area contributed by atoms with Crippen LogP contribution < -0.4 is 4.74 Å². The van der Waals surface area contributed by atoms with Crippen molar-refractivity contribution < 1.29 is 14.3 Å². The number of aromatic nitrogens is 1. The van der Waals surface area contributed by atoms with Crippen molar-refractivity contribution in [2.24, 2.45) is 0 Å². The fourth-order valence-corrected chi connectivity index (χ4v) is 2.47. The lowest BCUT2D eigenvalue weighted by Gasteiger charge is -2.11. The number of benzene rings is 2. The Morgan fingerprint density at radius 2 is 1.87 bits per heavy atom. The van der Waals surface area contributed by atoms with Crippen molar-refractivity contribution in [3.63, 3.8) is 0 Å². The first kappa shape index (κ1) is 15.0. The van der Waals surface area contributed by atoms with Crippen molar-refractivity contribution in [1.29, 1.82) is 0 Å². The number of carbonyl (C=O) groups excluding carboxylic acids is 1. The second kappa shape index (κ2) is 6.48. The van der Waals surface area contributed by atoms with Gasteiger partial charge in [0.2, 0.25) is 0 Å². The molecular weight excluding hydrogens is 290 g/mol. The molecule has 0 amide bonds. The maximum atomic E-state index is 11.7. The molecule has 0 aliphatic heterocycles. The summed E-state index contributed by atoms with van der Waals surface area (Å²) >= 11 is 0. The number of hydrogen-bond donors (Lipinski definition) is 0. The van der Waals surface area contributed by atoms with Gasteiger partial charge in [0, 0.05) is 17.0 Å². The summed E-state index contributed by atoms with van der Waals surface area (Å²) in [4.78, 5) is 16.4. The summed E-state index contributed by atoms with van der Waals surface area (Å²) in [6.45, 7) is 2.50. The molecule has 0 bridgehead atoms. The largest absolute Gasteiger partial charge is 0.493 e. The first-order valence-electron chi connectivity index (χ1n) is 7.44. The average molecular weight is 307 g/mol. The van der Waals surface area contributed by atoms with E-state index in [-0.39, 0.29) is 5.97 Å². The van der Waals surface area contributed by atoms with Gasteiger partial charge in [-0.1, -0.05) is 30.3 Å². The number of hydrogen-bond acceptors (Lipinski definition) is 4. The van der Waals surface area contributed by atoms with E-state index in [9.17, 15) is 4.79 Å². The Morgan fingerprint density at radius 3 is 2.57 bits per heavy atom. The molecule has 0 unspecified atom stereocenters. The lowest BCUT2D eigenvalue weighted by Crippen LogP contribution is -2.02. The van der Waals surface area contributed by atoms with Gasteiger partial charge in [0.15, 0.2) is 0 Å². The lowest BCUT2D eigenvalue weighted by atomic mass is 10.1. The second-order valence-corrected chi connectivity index (χ2v) is 5.03. The van der Waals surface area contributed by atoms with Crippen LogP contribution in [0.4, 0.5) is 0 Å². The number of pyridine rings is 1. The fourth-order valence-electron chi connectivity index (χ4n) is 2.47. The van der Waals surface area contributed by atoms with Crippen molar-refractivity contribution in [3.05, 3.63) is 60.2 Å². The molecular formula is C19H17NO3. The summed E-state index contributed by atoms with van der Waals surface area (Å²) in [5.74, 6) is 0.379. The van der Waals surface area contributed by atoms with E-state index in [0.717, 1.165) is 22.4 Å². The van der Waals surface area contributed by atoms with Crippen molar-refractivity contribution in [2.45, 2.75) is 6.92 Å². The highest BCUT2D eigenvalue weighted by Gasteiger charge is 2.12. The van der Waals surface area contributed by atoms with Gasteiger partial charge in [-0.2, -0.15) is 0 Å². The topological polar surface area (TPSA) is 48.4 Å². The monoisotopic (exact) mass is 307 g/mol. The Hall–Kier alpha value is -2.88. The van der Waals surface area contributed by atoms with Gasteiger partial charge in [0.1, 0.15) is 5.75 Å². The molecule has 0 N–H and O–H groups in total. The number of fused-ring (bicyclic) bond motifs is 1. The second-order valence-electron chi connectivity index (χ2n) is 5.03. The molecule has 0 saturated carbocycles. The summed E-state index contributed by atoms with van der Waals surface area (Å²) in [6.07, 6.45) is 0. The zero-order valence-corrected chi connectivity index (χ0v) is 13.1. The van der Waals surface area contributed by atoms with Crippen LogP contribution in [0.3, 0.4) is 0 Å². The third-order valence-corrected chi connectivity index (χ3v) is 3.56. The van der Waals surface area contributed by atoms with Crippen molar-refractivity contribution in [1.82, 2.24) is 4.98 Å². The zero-order valence-electron chi connectivity index (χ0n) is 13.1. The molecule has 1 heterocycles. The smallest absolute Gasteiger partial charge is 0.337 e. The van der Waals surface area contributed by atoms with Gasteiger partial charge in [-0.3, -0.25) is 0 Å². The van der Waals surface area contributed by atoms with Crippen LogP contribution in [0, 0.1) is 0 Å². The van der Waals surface area contributed by atoms with E-state index in [1.807, 2.05) is 49.4 Å². The van der Waals surface area contributed by atoms with Gasteiger partial charge in [-0.25, -0.2) is 9.78 Å². The zero-order chi connectivity index (χ0) is 16.2. The van der Waals surface area contributed by atoms with E-state index in [2.05, 4.69) is 4.98 Å². The van der Waals surface area contributed by atoms with E-state index in [4.69, 9.17) is 9.47 Å². The fraction of sp³-hybridized carbons (Fsp3) is 0.158. The van der Waals surface area contributed by atoms with Crippen molar-refractivity contribution in [3.8, 4) is 17.0 Å². The van der Waals surface area contributed by atoms with Crippen LogP contribution in [0.15, 0.2) is 54.6 Å². The van der Waals surface area contributed by atoms with E-state index < -0.39 is 0 Å². The number of ether oxygens (including phenoxy) is 2. The van der Waals surface area contributed by atoms with Crippen LogP contribution >= 0.6 is 0 Å². The minimum absolute atomic E-state index is 0.378. The molecule has 116 valence electrons. The van der Waals surface area contributed by atoms with Gasteiger partial charge < -0.3 is 9.47 Å². The molecule has 0 aliphatic carbocycles. The predicted molar refractivity (Wildman–Crippen MR) is 89.7 cm³/mol. The molecule has 0 aliphatic rings. The van der Waals surface area contributed by atoms with E-state index >= 15 is 0 Å². The Kier molecular flexibility index (Phi) is 4.24. The SMILES string of the molecule is CCOc1cc(-c2ccccc2)nc2cc(C(=O)OC)ccc12. The summed E-state index contributed by atoms with van der Waals surface area (Å²) in [5.41, 5.74) is 2.99. The Balaban J connectivity index is 2.20. The predicted octanol–water partition coefficient (Wildman–Crippen LogP) is 4.09. The standard InChI is InChI=1S/C19H17NO3/c1-3-23-18-12-16(13-7-5-4-6-8-13)20-17-11-14(19(21)22-2)9-10-15(17)18/h4-12H,3H2,1-2H3. The number of carbonyl (C=O) groups is 1. The Morgan fingerprint density at radius 1 is 1.09 bits per heavy atom. The molecule has 3 aromatic rings. The maximum absolute atomic E-state index is 11.7. The summed E-state index contributed by atoms with van der Waals surface area (Å²) in [7, 11) is 1.37. The van der Waals surface area contributed by atoms with E-state index in [1.165, 1.54) is 7.11 Å². The van der Waals surface area contributed by atoms with Gasteiger partial charge in [-0.15, -0.1) is 0 Å². The normalized spacial score (nSPS) is 10.5. The number of nitrogens with zero attached hydrogens (tertiary/aromatic N) is 1. The quantitative estimate of drug-likeness (QED) is 0.681. The average Bonchev–Trinajstić information content (AvgIpc) is 2.61. The molecule has 0 spiro atoms. The highest BCUT2D eigenvalue weighted by Crippen LogP contribution is 2.30. The highest BCUT2D eigenvalue weighted by molar-refractivity contribution is 5.96. The van der Waals surface area contributed by atoms with Gasteiger partial charge >= 0.3 is 5.97 Å². The highest BCUT2D eigenvalue weighted by atomic mass is 16.5. The van der Waals surface area contributed by atoms with Gasteiger partial charge in [0.05, 0.1) is 30.5 Å². The molecule has 3 rings (SSSR count). The summed E-state index contributed by atoms with van der Waals surface area (Å²) < 4.78 is 10.5. The number of methoxy groups -OCH3 is 1. The molecule has 0 saturated heterocycles. The lowest BCUT2D eigenvalue weighted by molar-refractivity contribution is 0.0601.